The van der Waals surface area contributed by atoms with Crippen LogP contribution < -0.4 is 11.1 Å². The van der Waals surface area contributed by atoms with Gasteiger partial charge in [-0.1, -0.05) is 26.7 Å². The number of terminal acetylenes is 1. The second-order valence-corrected chi connectivity index (χ2v) is 3.49. The molecule has 0 rings (SSSR count). The van der Waals surface area contributed by atoms with Gasteiger partial charge in [-0.05, 0) is 11.8 Å². The Morgan fingerprint density at radius 1 is 1.42 bits per heavy atom. The van der Waals surface area contributed by atoms with Gasteiger partial charge in [0.2, 0.25) is 0 Å². The lowest BCUT2D eigenvalue weighted by Gasteiger charge is -2.23. The molecule has 0 saturated heterocycles. The van der Waals surface area contributed by atoms with Gasteiger partial charge in [0.15, 0.2) is 0 Å². The van der Waals surface area contributed by atoms with Crippen molar-refractivity contribution in [3.63, 3.8) is 0 Å². The first-order chi connectivity index (χ1) is 5.63. The molecular formula is C10H20N2. The molecule has 0 bridgehead atoms. The van der Waals surface area contributed by atoms with E-state index in [1.807, 2.05) is 0 Å². The van der Waals surface area contributed by atoms with Crippen LogP contribution >= 0.6 is 0 Å². The molecule has 0 spiro atoms. The summed E-state index contributed by atoms with van der Waals surface area (Å²) in [7, 11) is 0. The van der Waals surface area contributed by atoms with Gasteiger partial charge in [0, 0.05) is 13.1 Å². The molecule has 12 heavy (non-hydrogen) atoms. The molecule has 70 valence electrons. The van der Waals surface area contributed by atoms with Crippen LogP contribution in [0.15, 0.2) is 0 Å². The van der Waals surface area contributed by atoms with Crippen LogP contribution in [0.2, 0.25) is 0 Å². The topological polar surface area (TPSA) is 38.0 Å². The fraction of sp³-hybridized carbons (Fsp3) is 0.800. The maximum absolute atomic E-state index is 5.40. The monoisotopic (exact) mass is 168 g/mol. The first-order valence-electron chi connectivity index (χ1n) is 4.53. The van der Waals surface area contributed by atoms with E-state index in [1.165, 1.54) is 0 Å². The normalized spacial score (nSPS) is 15.7. The molecule has 0 aliphatic carbocycles. The lowest BCUT2D eigenvalue weighted by atomic mass is 9.91. The Labute approximate surface area is 75.9 Å². The number of nitrogens with two attached hydrogens (primary N) is 1. The highest BCUT2D eigenvalue weighted by Crippen LogP contribution is 2.13. The van der Waals surface area contributed by atoms with Crippen molar-refractivity contribution in [1.29, 1.82) is 0 Å². The summed E-state index contributed by atoms with van der Waals surface area (Å²) in [6.07, 6.45) is 5.40. The molecule has 0 saturated carbocycles. The number of hydrogen-bond donors (Lipinski definition) is 2. The summed E-state index contributed by atoms with van der Waals surface area (Å²) in [6.45, 7) is 7.96. The van der Waals surface area contributed by atoms with Crippen LogP contribution in [-0.2, 0) is 0 Å². The molecule has 0 aromatic carbocycles. The smallest absolute Gasteiger partial charge is 0.0715 e. The molecule has 2 nitrogen and oxygen atoms in total. The van der Waals surface area contributed by atoms with E-state index >= 15 is 0 Å². The maximum atomic E-state index is 5.40. The van der Waals surface area contributed by atoms with Crippen molar-refractivity contribution >= 4 is 0 Å². The Morgan fingerprint density at radius 3 is 2.33 bits per heavy atom. The van der Waals surface area contributed by atoms with Crippen LogP contribution in [0.4, 0.5) is 0 Å². The van der Waals surface area contributed by atoms with Crippen LogP contribution in [0.3, 0.4) is 0 Å². The second kappa shape index (κ2) is 6.05. The summed E-state index contributed by atoms with van der Waals surface area (Å²) >= 11 is 0. The molecule has 2 heteroatoms. The van der Waals surface area contributed by atoms with Crippen LogP contribution in [-0.4, -0.2) is 19.1 Å². The molecule has 0 aromatic rings. The highest BCUT2D eigenvalue weighted by Gasteiger charge is 2.16. The molecule has 0 amide bonds. The van der Waals surface area contributed by atoms with Gasteiger partial charge < -0.3 is 11.1 Å². The predicted octanol–water partition coefficient (Wildman–Crippen LogP) is 0.829. The van der Waals surface area contributed by atoms with Crippen LogP contribution in [0.1, 0.15) is 20.8 Å². The van der Waals surface area contributed by atoms with E-state index in [9.17, 15) is 0 Å². The molecule has 0 heterocycles. The van der Waals surface area contributed by atoms with Gasteiger partial charge >= 0.3 is 0 Å². The highest BCUT2D eigenvalue weighted by molar-refractivity contribution is 5.01. The lowest BCUT2D eigenvalue weighted by Crippen LogP contribution is -2.38. The molecule has 0 radical (unpaired) electrons. The van der Waals surface area contributed by atoms with Crippen LogP contribution in [0.25, 0.3) is 0 Å². The molecule has 0 aromatic heterocycles. The molecular weight excluding hydrogens is 148 g/mol. The predicted molar refractivity (Wildman–Crippen MR) is 53.7 cm³/mol. The third kappa shape index (κ3) is 3.75. The zero-order valence-corrected chi connectivity index (χ0v) is 8.30. The van der Waals surface area contributed by atoms with Crippen molar-refractivity contribution in [2.75, 3.05) is 13.1 Å². The number of nitrogens with one attached hydrogen (secondary N) is 1. The van der Waals surface area contributed by atoms with Gasteiger partial charge in [0.1, 0.15) is 0 Å². The van der Waals surface area contributed by atoms with Crippen molar-refractivity contribution in [3.05, 3.63) is 0 Å². The van der Waals surface area contributed by atoms with E-state index in [2.05, 4.69) is 32.0 Å². The van der Waals surface area contributed by atoms with Crippen LogP contribution in [0, 0.1) is 24.2 Å². The molecule has 0 fully saturated rings. The largest absolute Gasteiger partial charge is 0.329 e. The summed E-state index contributed by atoms with van der Waals surface area (Å²) in [6, 6.07) is 0.161. The summed E-state index contributed by atoms with van der Waals surface area (Å²) in [5, 5.41) is 3.24. The standard InChI is InChI=1S/C10H20N2/c1-5-10(12-7-6-11)9(4)8(2)3/h1,8-10,12H,6-7,11H2,2-4H3/t9-,10-/m0/s1. The Hall–Kier alpha value is -0.520. The fourth-order valence-electron chi connectivity index (χ4n) is 1.02. The molecule has 2 atom stereocenters. The van der Waals surface area contributed by atoms with E-state index in [-0.39, 0.29) is 6.04 Å². The van der Waals surface area contributed by atoms with Crippen molar-refractivity contribution in [2.24, 2.45) is 17.6 Å². The van der Waals surface area contributed by atoms with E-state index in [4.69, 9.17) is 12.2 Å². The number of rotatable bonds is 5. The molecule has 0 aliphatic heterocycles. The van der Waals surface area contributed by atoms with E-state index in [0.717, 1.165) is 6.54 Å². The van der Waals surface area contributed by atoms with E-state index in [0.29, 0.717) is 18.4 Å². The van der Waals surface area contributed by atoms with E-state index in [1.54, 1.807) is 0 Å². The molecule has 3 N–H and O–H groups in total. The van der Waals surface area contributed by atoms with Gasteiger partial charge in [-0.3, -0.25) is 0 Å². The Morgan fingerprint density at radius 2 is 2.00 bits per heavy atom. The second-order valence-electron chi connectivity index (χ2n) is 3.49. The van der Waals surface area contributed by atoms with Gasteiger partial charge in [-0.15, -0.1) is 6.42 Å². The summed E-state index contributed by atoms with van der Waals surface area (Å²) in [5.74, 6) is 3.86. The highest BCUT2D eigenvalue weighted by atomic mass is 14.9. The first-order valence-corrected chi connectivity index (χ1v) is 4.53. The summed E-state index contributed by atoms with van der Waals surface area (Å²) < 4.78 is 0. The average molecular weight is 168 g/mol. The number of hydrogen-bond acceptors (Lipinski definition) is 2. The van der Waals surface area contributed by atoms with Gasteiger partial charge in [-0.2, -0.15) is 0 Å². The summed E-state index contributed by atoms with van der Waals surface area (Å²) in [4.78, 5) is 0. The van der Waals surface area contributed by atoms with Gasteiger partial charge in [0.05, 0.1) is 6.04 Å². The average Bonchev–Trinajstić information content (AvgIpc) is 2.05. The lowest BCUT2D eigenvalue weighted by molar-refractivity contribution is 0.349. The zero-order chi connectivity index (χ0) is 9.56. The molecule has 0 unspecified atom stereocenters. The first kappa shape index (κ1) is 11.5. The van der Waals surface area contributed by atoms with Gasteiger partial charge in [-0.25, -0.2) is 0 Å². The van der Waals surface area contributed by atoms with E-state index < -0.39 is 0 Å². The maximum Gasteiger partial charge on any atom is 0.0715 e. The van der Waals surface area contributed by atoms with Crippen molar-refractivity contribution in [2.45, 2.75) is 26.8 Å². The fourth-order valence-corrected chi connectivity index (χ4v) is 1.02. The molecule has 0 aliphatic rings. The Balaban J connectivity index is 3.90. The SMILES string of the molecule is C#C[C@H](NCCN)[C@@H](C)C(C)C. The van der Waals surface area contributed by atoms with Gasteiger partial charge in [0.25, 0.3) is 0 Å². The zero-order valence-electron chi connectivity index (χ0n) is 8.30. The van der Waals surface area contributed by atoms with Crippen molar-refractivity contribution in [1.82, 2.24) is 5.32 Å². The Kier molecular flexibility index (Phi) is 5.79. The quantitative estimate of drug-likeness (QED) is 0.597. The van der Waals surface area contributed by atoms with Crippen molar-refractivity contribution < 1.29 is 0 Å². The summed E-state index contributed by atoms with van der Waals surface area (Å²) in [5.41, 5.74) is 5.38. The minimum Gasteiger partial charge on any atom is -0.329 e. The third-order valence-electron chi connectivity index (χ3n) is 2.27. The minimum absolute atomic E-state index is 0.161. The minimum atomic E-state index is 0.161. The van der Waals surface area contributed by atoms with Crippen molar-refractivity contribution in [3.8, 4) is 12.3 Å². The van der Waals surface area contributed by atoms with Crippen LogP contribution in [0.5, 0.6) is 0 Å². The third-order valence-corrected chi connectivity index (χ3v) is 2.27. The Bertz CT molecular complexity index is 146.